The summed E-state index contributed by atoms with van der Waals surface area (Å²) in [5.41, 5.74) is 2.92. The van der Waals surface area contributed by atoms with Crippen molar-refractivity contribution < 1.29 is 4.79 Å². The highest BCUT2D eigenvalue weighted by atomic mass is 32.1. The number of nitrogens with zero attached hydrogens (tertiary/aromatic N) is 4. The molecule has 148 valence electrons. The minimum absolute atomic E-state index is 0.00000828. The predicted molar refractivity (Wildman–Crippen MR) is 115 cm³/mol. The van der Waals surface area contributed by atoms with Gasteiger partial charge in [0, 0.05) is 11.4 Å². The van der Waals surface area contributed by atoms with E-state index in [1.54, 1.807) is 22.2 Å². The Balaban J connectivity index is 1.35. The first kappa shape index (κ1) is 19.1. The van der Waals surface area contributed by atoms with E-state index in [9.17, 15) is 4.79 Å². The van der Waals surface area contributed by atoms with Gasteiger partial charge in [0.1, 0.15) is 12.1 Å². The van der Waals surface area contributed by atoms with Crippen LogP contribution in [-0.2, 0) is 24.3 Å². The van der Waals surface area contributed by atoms with Crippen molar-refractivity contribution >= 4 is 34.1 Å². The number of nitrogens with one attached hydrogen (secondary N) is 2. The molecule has 8 heteroatoms. The lowest BCUT2D eigenvalue weighted by Crippen LogP contribution is -2.28. The first-order valence-electron chi connectivity index (χ1n) is 9.44. The highest BCUT2D eigenvalue weighted by Crippen LogP contribution is 2.20. The SMILES string of the molecule is Cc1cccc(CC(=O)NCCn2ncc3c(NCc4cccs4)ncnc32)c1. The van der Waals surface area contributed by atoms with Crippen LogP contribution >= 0.6 is 11.3 Å². The Morgan fingerprint density at radius 1 is 1.21 bits per heavy atom. The molecule has 0 saturated carbocycles. The molecule has 3 aromatic heterocycles. The molecule has 3 heterocycles. The van der Waals surface area contributed by atoms with Crippen molar-refractivity contribution in [3.05, 3.63) is 70.3 Å². The molecule has 29 heavy (non-hydrogen) atoms. The maximum absolute atomic E-state index is 12.2. The topological polar surface area (TPSA) is 84.7 Å². The quantitative estimate of drug-likeness (QED) is 0.470. The molecule has 0 atom stereocenters. The van der Waals surface area contributed by atoms with Gasteiger partial charge in [-0.2, -0.15) is 5.10 Å². The van der Waals surface area contributed by atoms with Gasteiger partial charge in [-0.25, -0.2) is 14.6 Å². The smallest absolute Gasteiger partial charge is 0.224 e. The summed E-state index contributed by atoms with van der Waals surface area (Å²) in [6.45, 7) is 3.77. The summed E-state index contributed by atoms with van der Waals surface area (Å²) in [5, 5.41) is 13.6. The molecule has 0 fully saturated rings. The van der Waals surface area contributed by atoms with E-state index in [2.05, 4.69) is 37.1 Å². The van der Waals surface area contributed by atoms with Gasteiger partial charge < -0.3 is 10.6 Å². The molecule has 0 saturated heterocycles. The van der Waals surface area contributed by atoms with Crippen LogP contribution in [0.25, 0.3) is 11.0 Å². The highest BCUT2D eigenvalue weighted by molar-refractivity contribution is 7.09. The van der Waals surface area contributed by atoms with Gasteiger partial charge in [-0.1, -0.05) is 35.9 Å². The van der Waals surface area contributed by atoms with Gasteiger partial charge in [-0.15, -0.1) is 11.3 Å². The van der Waals surface area contributed by atoms with E-state index in [0.717, 1.165) is 28.0 Å². The summed E-state index contributed by atoms with van der Waals surface area (Å²) in [6.07, 6.45) is 3.68. The average molecular weight is 407 g/mol. The third kappa shape index (κ3) is 4.78. The van der Waals surface area contributed by atoms with Crippen molar-refractivity contribution in [1.82, 2.24) is 25.1 Å². The molecular weight excluding hydrogens is 384 g/mol. The van der Waals surface area contributed by atoms with Crippen LogP contribution in [0, 0.1) is 6.92 Å². The molecule has 0 spiro atoms. The number of hydrogen-bond acceptors (Lipinski definition) is 6. The van der Waals surface area contributed by atoms with E-state index in [0.29, 0.717) is 26.1 Å². The second-order valence-electron chi connectivity index (χ2n) is 6.78. The molecule has 2 N–H and O–H groups in total. The molecule has 1 amide bonds. The first-order valence-corrected chi connectivity index (χ1v) is 10.3. The molecule has 0 bridgehead atoms. The van der Waals surface area contributed by atoms with E-state index in [1.165, 1.54) is 11.2 Å². The molecule has 1 aromatic carbocycles. The number of anilines is 1. The molecule has 0 radical (unpaired) electrons. The second-order valence-corrected chi connectivity index (χ2v) is 7.81. The number of benzene rings is 1. The van der Waals surface area contributed by atoms with Crippen molar-refractivity contribution in [1.29, 1.82) is 0 Å². The molecule has 0 aliphatic rings. The van der Waals surface area contributed by atoms with Crippen LogP contribution < -0.4 is 10.6 Å². The van der Waals surface area contributed by atoms with Gasteiger partial charge >= 0.3 is 0 Å². The van der Waals surface area contributed by atoms with Crippen molar-refractivity contribution in [2.24, 2.45) is 0 Å². The monoisotopic (exact) mass is 406 g/mol. The van der Waals surface area contributed by atoms with Crippen LogP contribution in [0.1, 0.15) is 16.0 Å². The highest BCUT2D eigenvalue weighted by Gasteiger charge is 2.10. The number of amides is 1. The summed E-state index contributed by atoms with van der Waals surface area (Å²) in [7, 11) is 0. The molecule has 4 aromatic rings. The number of aryl methyl sites for hydroxylation is 1. The molecule has 0 aliphatic heterocycles. The summed E-state index contributed by atoms with van der Waals surface area (Å²) in [4.78, 5) is 22.1. The van der Waals surface area contributed by atoms with Gasteiger partial charge in [0.2, 0.25) is 5.91 Å². The molecule has 0 unspecified atom stereocenters. The Kier molecular flexibility index (Phi) is 5.81. The Morgan fingerprint density at radius 3 is 2.97 bits per heavy atom. The molecule has 0 aliphatic carbocycles. The van der Waals surface area contributed by atoms with Crippen molar-refractivity contribution in [3.63, 3.8) is 0 Å². The lowest BCUT2D eigenvalue weighted by molar-refractivity contribution is -0.120. The van der Waals surface area contributed by atoms with Gasteiger partial charge in [0.15, 0.2) is 5.65 Å². The van der Waals surface area contributed by atoms with Crippen LogP contribution in [0.5, 0.6) is 0 Å². The Bertz CT molecular complexity index is 1110. The predicted octanol–water partition coefficient (Wildman–Crippen LogP) is 3.17. The summed E-state index contributed by atoms with van der Waals surface area (Å²) >= 11 is 1.70. The maximum Gasteiger partial charge on any atom is 0.224 e. The zero-order chi connectivity index (χ0) is 20.1. The molecule has 7 nitrogen and oxygen atoms in total. The lowest BCUT2D eigenvalue weighted by Gasteiger charge is -2.08. The fourth-order valence-corrected chi connectivity index (χ4v) is 3.80. The maximum atomic E-state index is 12.2. The van der Waals surface area contributed by atoms with Crippen LogP contribution in [0.3, 0.4) is 0 Å². The van der Waals surface area contributed by atoms with E-state index < -0.39 is 0 Å². The van der Waals surface area contributed by atoms with Crippen LogP contribution in [0.2, 0.25) is 0 Å². The number of carbonyl (C=O) groups excluding carboxylic acids is 1. The zero-order valence-corrected chi connectivity index (χ0v) is 16.9. The van der Waals surface area contributed by atoms with E-state index in [-0.39, 0.29) is 5.91 Å². The standard InChI is InChI=1S/C21H22N6OS/c1-15-4-2-5-16(10-15)11-19(28)22-7-8-27-21-18(13-26-27)20(24-14-25-21)23-12-17-6-3-9-29-17/h2-6,9-10,13-14H,7-8,11-12H2,1H3,(H,22,28)(H,23,24,25). The van der Waals surface area contributed by atoms with Gasteiger partial charge in [-0.05, 0) is 23.9 Å². The lowest BCUT2D eigenvalue weighted by atomic mass is 10.1. The third-order valence-electron chi connectivity index (χ3n) is 4.54. The molecular formula is C21H22N6OS. The van der Waals surface area contributed by atoms with Gasteiger partial charge in [0.05, 0.1) is 31.1 Å². The van der Waals surface area contributed by atoms with Crippen LogP contribution in [0.15, 0.2) is 54.3 Å². The van der Waals surface area contributed by atoms with E-state index in [4.69, 9.17) is 0 Å². The summed E-state index contributed by atoms with van der Waals surface area (Å²) in [6, 6.07) is 12.1. The fraction of sp³-hybridized carbons (Fsp3) is 0.238. The Labute approximate surface area is 172 Å². The normalized spacial score (nSPS) is 10.9. The average Bonchev–Trinajstić information content (AvgIpc) is 3.37. The zero-order valence-electron chi connectivity index (χ0n) is 16.1. The van der Waals surface area contributed by atoms with Crippen LogP contribution in [0.4, 0.5) is 5.82 Å². The second kappa shape index (κ2) is 8.83. The van der Waals surface area contributed by atoms with Crippen molar-refractivity contribution in [2.75, 3.05) is 11.9 Å². The summed E-state index contributed by atoms with van der Waals surface area (Å²) < 4.78 is 1.79. The van der Waals surface area contributed by atoms with E-state index >= 15 is 0 Å². The summed E-state index contributed by atoms with van der Waals surface area (Å²) in [5.74, 6) is 0.762. The van der Waals surface area contributed by atoms with Crippen molar-refractivity contribution in [3.8, 4) is 0 Å². The minimum atomic E-state index is -0.00000828. The van der Waals surface area contributed by atoms with Gasteiger partial charge in [-0.3, -0.25) is 4.79 Å². The minimum Gasteiger partial charge on any atom is -0.364 e. The Hall–Kier alpha value is -3.26. The fourth-order valence-electron chi connectivity index (χ4n) is 3.15. The van der Waals surface area contributed by atoms with Crippen LogP contribution in [-0.4, -0.2) is 32.2 Å². The van der Waals surface area contributed by atoms with Gasteiger partial charge in [0.25, 0.3) is 0 Å². The number of rotatable bonds is 8. The largest absolute Gasteiger partial charge is 0.364 e. The first-order chi connectivity index (χ1) is 14.2. The van der Waals surface area contributed by atoms with Crippen molar-refractivity contribution in [2.45, 2.75) is 26.4 Å². The number of carbonyl (C=O) groups is 1. The number of fused-ring (bicyclic) bond motifs is 1. The Morgan fingerprint density at radius 2 is 2.14 bits per heavy atom. The number of hydrogen-bond donors (Lipinski definition) is 2. The number of thiophene rings is 1. The number of aromatic nitrogens is 4. The molecule has 4 rings (SSSR count). The third-order valence-corrected chi connectivity index (χ3v) is 5.41. The van der Waals surface area contributed by atoms with E-state index in [1.807, 2.05) is 37.3 Å².